The minimum atomic E-state index is -0.666. The van der Waals surface area contributed by atoms with E-state index in [4.69, 9.17) is 0 Å². The van der Waals surface area contributed by atoms with E-state index in [0.29, 0.717) is 13.1 Å². The molecule has 2 aromatic heterocycles. The van der Waals surface area contributed by atoms with Crippen molar-refractivity contribution >= 4 is 45.2 Å². The van der Waals surface area contributed by atoms with Gasteiger partial charge in [0.05, 0.1) is 21.5 Å². The van der Waals surface area contributed by atoms with Crippen molar-refractivity contribution in [2.75, 3.05) is 6.54 Å². The summed E-state index contributed by atoms with van der Waals surface area (Å²) >= 11 is 0. The minimum Gasteiger partial charge on any atom is -0.275 e. The van der Waals surface area contributed by atoms with Gasteiger partial charge in [0, 0.05) is 48.5 Å². The SMILES string of the molecule is C=C(C)CCCC(C)(CCCCCCCCC1CCC(CCCCCC)C(CCCCCCCC)C1CCCCCCCCn1c(=O)c2cc3c(=O)n(C(C)(CCCCCC)CCCCCCCCC4CCC(CCCCCC)C(CCCCCCCC)C4CCCCCCCCN4C(=O)C=CC4=O)c(=O)c3cc2c1=O)N1C(=O)C=CC1=O. The van der Waals surface area contributed by atoms with Gasteiger partial charge in [-0.3, -0.25) is 57.3 Å². The average molecular weight is 1630 g/mol. The number of hydrogen-bond acceptors (Lipinski definition) is 8. The Hall–Kier alpha value is -5.00. The van der Waals surface area contributed by atoms with Gasteiger partial charge in [-0.15, -0.1) is 6.58 Å². The topological polar surface area (TPSA) is 153 Å². The third kappa shape index (κ3) is 32.6. The van der Waals surface area contributed by atoms with E-state index in [-0.39, 0.29) is 67.4 Å². The van der Waals surface area contributed by atoms with E-state index >= 15 is 0 Å². The maximum absolute atomic E-state index is 14.8. The molecule has 118 heavy (non-hydrogen) atoms. The molecule has 0 saturated heterocycles. The van der Waals surface area contributed by atoms with Crippen LogP contribution in [0, 0.1) is 47.3 Å². The van der Waals surface area contributed by atoms with Crippen LogP contribution in [-0.2, 0) is 31.3 Å². The molecule has 668 valence electrons. The Balaban J connectivity index is 0.903. The van der Waals surface area contributed by atoms with E-state index in [0.717, 1.165) is 188 Å². The molecule has 4 amide bonds. The van der Waals surface area contributed by atoms with Crippen molar-refractivity contribution in [3.05, 3.63) is 90.0 Å². The van der Waals surface area contributed by atoms with E-state index in [9.17, 15) is 38.4 Å². The molecule has 10 atom stereocenters. The minimum absolute atomic E-state index is 0.165. The number of benzene rings is 1. The molecule has 10 unspecified atom stereocenters. The second-order valence-electron chi connectivity index (χ2n) is 39.6. The van der Waals surface area contributed by atoms with Crippen molar-refractivity contribution < 1.29 is 19.2 Å². The molecule has 3 aromatic rings. The van der Waals surface area contributed by atoms with Gasteiger partial charge < -0.3 is 0 Å². The number of allylic oxidation sites excluding steroid dienone is 1. The van der Waals surface area contributed by atoms with Crippen LogP contribution >= 0.6 is 0 Å². The van der Waals surface area contributed by atoms with Crippen LogP contribution < -0.4 is 22.2 Å². The molecule has 1 aromatic carbocycles. The van der Waals surface area contributed by atoms with Gasteiger partial charge in [0.1, 0.15) is 0 Å². The molecule has 2 saturated carbocycles. The monoisotopic (exact) mass is 1630 g/mol. The third-order valence-electron chi connectivity index (χ3n) is 30.0. The summed E-state index contributed by atoms with van der Waals surface area (Å²) in [6, 6.07) is 3.19. The number of carbonyl (C=O) groups excluding carboxylic acids is 4. The first-order valence-corrected chi connectivity index (χ1v) is 51.0. The smallest absolute Gasteiger partial charge is 0.262 e. The highest BCUT2D eigenvalue weighted by Crippen LogP contribution is 2.50. The molecule has 0 bridgehead atoms. The fraction of sp³-hybridized carbons (Fsp3) is 0.811. The summed E-state index contributed by atoms with van der Waals surface area (Å²) in [7, 11) is 0. The van der Waals surface area contributed by atoms with Crippen LogP contribution in [0.15, 0.2) is 67.8 Å². The quantitative estimate of drug-likeness (QED) is 0.0308. The Morgan fingerprint density at radius 3 is 0.898 bits per heavy atom. The number of carbonyl (C=O) groups is 4. The van der Waals surface area contributed by atoms with Gasteiger partial charge in [-0.25, -0.2) is 0 Å². The Bertz CT molecular complexity index is 3530. The Labute approximate surface area is 719 Å². The molecular weight excluding hydrogens is 1460 g/mol. The van der Waals surface area contributed by atoms with Crippen molar-refractivity contribution in [3.63, 3.8) is 0 Å². The van der Waals surface area contributed by atoms with Gasteiger partial charge in [-0.05, 0) is 183 Å². The maximum atomic E-state index is 14.8. The van der Waals surface area contributed by atoms with Crippen LogP contribution in [0.4, 0.5) is 0 Å². The zero-order valence-corrected chi connectivity index (χ0v) is 77.4. The lowest BCUT2D eigenvalue weighted by atomic mass is 9.61. The molecule has 0 radical (unpaired) electrons. The first-order valence-electron chi connectivity index (χ1n) is 51.0. The summed E-state index contributed by atoms with van der Waals surface area (Å²) in [4.78, 5) is 111. The van der Waals surface area contributed by atoms with Gasteiger partial charge in [-0.2, -0.15) is 0 Å². The normalized spacial score (nSPS) is 20.8. The number of imide groups is 2. The largest absolute Gasteiger partial charge is 0.275 e. The zero-order chi connectivity index (χ0) is 84.8. The molecule has 12 heteroatoms. The van der Waals surface area contributed by atoms with Crippen LogP contribution in [-0.4, -0.2) is 54.6 Å². The zero-order valence-electron chi connectivity index (χ0n) is 77.4. The predicted octanol–water partition coefficient (Wildman–Crippen LogP) is 28.6. The number of nitrogens with zero attached hydrogens (tertiary/aromatic N) is 4. The number of fused-ring (bicyclic) bond motifs is 2. The van der Waals surface area contributed by atoms with Crippen LogP contribution in [0.3, 0.4) is 0 Å². The molecule has 2 aliphatic carbocycles. The van der Waals surface area contributed by atoms with Gasteiger partial charge in [0.15, 0.2) is 0 Å². The van der Waals surface area contributed by atoms with Gasteiger partial charge in [0.25, 0.3) is 45.9 Å². The first kappa shape index (κ1) is 100. The Morgan fingerprint density at radius 1 is 0.305 bits per heavy atom. The summed E-state index contributed by atoms with van der Waals surface area (Å²) < 4.78 is 2.93. The van der Waals surface area contributed by atoms with Crippen LogP contribution in [0.25, 0.3) is 21.5 Å². The molecule has 4 heterocycles. The van der Waals surface area contributed by atoms with E-state index in [2.05, 4.69) is 62.0 Å². The standard InChI is InChI=1S/C106H176N4O8/c1-10-15-20-25-37-49-64-89-85(60-45-22-17-12-3)69-71-88(91(89)66-51-39-29-33-43-56-80-107-97(111)72-73-98(107)112)63-48-36-28-32-42-55-78-106(9,77-53-24-19-14-5)110-103(117)95-82-93-94(83-96(95)104(110)118)102(116)108(101(93)115)81-57-44-34-30-40-52-67-92-87(70-68-86(61-46-23-18-13-4)90(92)65-50-38-26-21-16-11-2)62-47-35-27-31-41-54-76-105(8,79-58-59-84(6)7)109-99(113)74-75-100(109)114/h72-75,82-83,85-92H,6,10-71,76-81H2,1-5,7-9H3. The predicted molar refractivity (Wildman–Crippen MR) is 500 cm³/mol. The molecule has 4 aliphatic rings. The first-order chi connectivity index (χ1) is 57.4. The van der Waals surface area contributed by atoms with Gasteiger partial charge >= 0.3 is 0 Å². The molecule has 2 aliphatic heterocycles. The van der Waals surface area contributed by atoms with Crippen molar-refractivity contribution in [2.24, 2.45) is 47.3 Å². The highest BCUT2D eigenvalue weighted by Gasteiger charge is 2.42. The van der Waals surface area contributed by atoms with Crippen LogP contribution in [0.5, 0.6) is 0 Å². The lowest BCUT2D eigenvalue weighted by molar-refractivity contribution is -0.144. The van der Waals surface area contributed by atoms with Crippen LogP contribution in [0.2, 0.25) is 0 Å². The van der Waals surface area contributed by atoms with E-state index in [1.54, 1.807) is 16.7 Å². The second kappa shape index (κ2) is 56.7. The molecule has 12 nitrogen and oxygen atoms in total. The highest BCUT2D eigenvalue weighted by molar-refractivity contribution is 6.14. The lowest BCUT2D eigenvalue weighted by Gasteiger charge is -2.44. The molecular formula is C106H176N4O8. The summed E-state index contributed by atoms with van der Waals surface area (Å²) in [5.41, 5.74) is -1.29. The Kier molecular flexibility index (Phi) is 48.1. The average Bonchev–Trinajstić information content (AvgIpc) is 1.57. The maximum Gasteiger partial charge on any atom is 0.262 e. The van der Waals surface area contributed by atoms with E-state index in [1.807, 2.05) is 0 Å². The third-order valence-corrected chi connectivity index (χ3v) is 30.0. The molecule has 7 rings (SSSR count). The number of amides is 4. The fourth-order valence-electron chi connectivity index (χ4n) is 23.0. The Morgan fingerprint density at radius 2 is 0.559 bits per heavy atom. The van der Waals surface area contributed by atoms with Crippen molar-refractivity contribution in [1.29, 1.82) is 0 Å². The summed E-state index contributed by atoms with van der Waals surface area (Å²) in [5, 5.41) is 1.08. The van der Waals surface area contributed by atoms with Gasteiger partial charge in [0.2, 0.25) is 0 Å². The summed E-state index contributed by atoms with van der Waals surface area (Å²) in [6.45, 7) is 22.8. The van der Waals surface area contributed by atoms with E-state index < -0.39 is 11.1 Å². The number of unbranched alkanes of at least 4 members (excludes halogenated alkanes) is 39. The lowest BCUT2D eigenvalue weighted by Crippen LogP contribution is -2.49. The molecule has 2 fully saturated rings. The van der Waals surface area contributed by atoms with Crippen molar-refractivity contribution in [1.82, 2.24) is 18.9 Å². The summed E-state index contributed by atoms with van der Waals surface area (Å²) in [6.07, 6.45) is 86.1. The number of aromatic nitrogens is 2. The van der Waals surface area contributed by atoms with Crippen molar-refractivity contribution in [3.8, 4) is 0 Å². The van der Waals surface area contributed by atoms with E-state index in [1.165, 1.54) is 328 Å². The van der Waals surface area contributed by atoms with Crippen LogP contribution in [0.1, 0.15) is 479 Å². The second-order valence-corrected chi connectivity index (χ2v) is 39.6. The number of rotatable bonds is 71. The fourth-order valence-corrected chi connectivity index (χ4v) is 23.0. The molecule has 0 spiro atoms. The van der Waals surface area contributed by atoms with Gasteiger partial charge in [-0.1, -0.05) is 361 Å². The molecule has 0 N–H and O–H groups in total. The number of hydrogen-bond donors (Lipinski definition) is 0. The highest BCUT2D eigenvalue weighted by atomic mass is 16.2. The summed E-state index contributed by atoms with van der Waals surface area (Å²) in [5.74, 6) is 6.02. The van der Waals surface area contributed by atoms with Crippen molar-refractivity contribution in [2.45, 2.75) is 497 Å².